The van der Waals surface area contributed by atoms with Crippen molar-refractivity contribution in [3.63, 3.8) is 0 Å². The fourth-order valence-corrected chi connectivity index (χ4v) is 4.57. The molecule has 1 saturated heterocycles. The zero-order valence-electron chi connectivity index (χ0n) is 21.2. The van der Waals surface area contributed by atoms with Gasteiger partial charge in [-0.05, 0) is 29.8 Å². The molecule has 0 N–H and O–H groups in total. The second kappa shape index (κ2) is 11.6. The van der Waals surface area contributed by atoms with E-state index in [0.717, 1.165) is 17.2 Å². The van der Waals surface area contributed by atoms with E-state index >= 15 is 0 Å². The number of hydrogen-bond acceptors (Lipinski definition) is 4. The molecule has 0 radical (unpaired) electrons. The Hall–Kier alpha value is -4.35. The molecule has 1 aliphatic rings. The minimum absolute atomic E-state index is 0.156. The number of halogens is 3. The van der Waals surface area contributed by atoms with Crippen molar-refractivity contribution in [2.75, 3.05) is 37.6 Å². The average Bonchev–Trinajstić information content (AvgIpc) is 2.97. The molecule has 5 rings (SSSR count). The smallest absolute Gasteiger partial charge is 0.369 e. The highest BCUT2D eigenvalue weighted by molar-refractivity contribution is 5.69. The molecule has 4 aromatic rings. The third-order valence-corrected chi connectivity index (χ3v) is 6.70. The van der Waals surface area contributed by atoms with E-state index in [1.165, 1.54) is 16.8 Å². The molecule has 5 nitrogen and oxygen atoms in total. The molecule has 1 aliphatic heterocycles. The molecular weight excluding hydrogens is 501 g/mol. The predicted octanol–water partition coefficient (Wildman–Crippen LogP) is 5.42. The van der Waals surface area contributed by atoms with Crippen molar-refractivity contribution < 1.29 is 13.2 Å². The highest BCUT2D eigenvalue weighted by atomic mass is 19.4. The number of piperazine rings is 1. The molecule has 0 saturated carbocycles. The maximum atomic E-state index is 13.3. The standard InChI is InChI=1S/C31H27F3N4O/c32-31(33,34)26-14-9-15-27(22-26)37-20-18-36(19-21-37)16-7-8-17-38-30(39)28(24-10-3-1-4-11-24)23-29(35-38)25-12-5-2-6-13-25/h1-6,9-15,22-23H,16-21H2. The van der Waals surface area contributed by atoms with Crippen LogP contribution in [0.25, 0.3) is 22.4 Å². The van der Waals surface area contributed by atoms with Gasteiger partial charge in [-0.2, -0.15) is 18.3 Å². The Morgan fingerprint density at radius 1 is 0.744 bits per heavy atom. The topological polar surface area (TPSA) is 41.4 Å². The average molecular weight is 529 g/mol. The first-order chi connectivity index (χ1) is 18.9. The van der Waals surface area contributed by atoms with Crippen molar-refractivity contribution in [1.29, 1.82) is 0 Å². The van der Waals surface area contributed by atoms with Gasteiger partial charge in [0.1, 0.15) is 6.54 Å². The lowest BCUT2D eigenvalue weighted by atomic mass is 10.0. The fourth-order valence-electron chi connectivity index (χ4n) is 4.57. The number of hydrogen-bond donors (Lipinski definition) is 0. The molecule has 0 bridgehead atoms. The van der Waals surface area contributed by atoms with Crippen LogP contribution in [0.15, 0.2) is 95.8 Å². The molecule has 1 fully saturated rings. The quantitative estimate of drug-likeness (QED) is 0.325. The summed E-state index contributed by atoms with van der Waals surface area (Å²) >= 11 is 0. The zero-order valence-corrected chi connectivity index (χ0v) is 21.2. The summed E-state index contributed by atoms with van der Waals surface area (Å²) in [5.41, 5.74) is 2.73. The van der Waals surface area contributed by atoms with E-state index in [2.05, 4.69) is 21.8 Å². The molecule has 0 unspecified atom stereocenters. The highest BCUT2D eigenvalue weighted by Gasteiger charge is 2.31. The van der Waals surface area contributed by atoms with E-state index in [-0.39, 0.29) is 12.1 Å². The van der Waals surface area contributed by atoms with Gasteiger partial charge in [0.25, 0.3) is 5.56 Å². The lowest BCUT2D eigenvalue weighted by Gasteiger charge is -2.35. The van der Waals surface area contributed by atoms with Crippen LogP contribution in [0.5, 0.6) is 0 Å². The van der Waals surface area contributed by atoms with Gasteiger partial charge in [0.05, 0.1) is 23.4 Å². The second-order valence-corrected chi connectivity index (χ2v) is 9.30. The van der Waals surface area contributed by atoms with Gasteiger partial charge in [0, 0.05) is 37.4 Å². The van der Waals surface area contributed by atoms with Crippen molar-refractivity contribution in [3.8, 4) is 34.2 Å². The summed E-state index contributed by atoms with van der Waals surface area (Å²) in [6, 6.07) is 26.5. The molecule has 198 valence electrons. The van der Waals surface area contributed by atoms with Crippen LogP contribution in [0.3, 0.4) is 0 Å². The SMILES string of the molecule is O=c1c(-c2ccccc2)cc(-c2ccccc2)nn1CC#CCN1CCN(c2cccc(C(F)(F)F)c2)CC1. The minimum atomic E-state index is -4.35. The summed E-state index contributed by atoms with van der Waals surface area (Å²) in [6.45, 7) is 3.27. The van der Waals surface area contributed by atoms with Gasteiger partial charge in [0.2, 0.25) is 0 Å². The zero-order chi connectivity index (χ0) is 27.2. The van der Waals surface area contributed by atoms with E-state index in [9.17, 15) is 18.0 Å². The number of anilines is 1. The maximum Gasteiger partial charge on any atom is 0.416 e. The monoisotopic (exact) mass is 528 g/mol. The molecule has 1 aromatic heterocycles. The molecule has 0 atom stereocenters. The Kier molecular flexibility index (Phi) is 7.80. The normalized spacial score (nSPS) is 14.1. The van der Waals surface area contributed by atoms with Crippen LogP contribution in [0.4, 0.5) is 18.9 Å². The van der Waals surface area contributed by atoms with E-state index in [1.54, 1.807) is 6.07 Å². The fraction of sp³-hybridized carbons (Fsp3) is 0.226. The van der Waals surface area contributed by atoms with Crippen molar-refractivity contribution in [2.24, 2.45) is 0 Å². The Balaban J connectivity index is 1.26. The Bertz CT molecular complexity index is 1530. The molecule has 39 heavy (non-hydrogen) atoms. The Morgan fingerprint density at radius 3 is 2.05 bits per heavy atom. The van der Waals surface area contributed by atoms with Crippen molar-refractivity contribution in [3.05, 3.63) is 107 Å². The molecule has 0 amide bonds. The molecule has 8 heteroatoms. The van der Waals surface area contributed by atoms with Gasteiger partial charge in [-0.3, -0.25) is 9.69 Å². The second-order valence-electron chi connectivity index (χ2n) is 9.30. The lowest BCUT2D eigenvalue weighted by Crippen LogP contribution is -2.46. The minimum Gasteiger partial charge on any atom is -0.369 e. The molecule has 0 aliphatic carbocycles. The van der Waals surface area contributed by atoms with E-state index in [4.69, 9.17) is 0 Å². The van der Waals surface area contributed by atoms with Crippen LogP contribution in [0.2, 0.25) is 0 Å². The Labute approximate surface area is 225 Å². The van der Waals surface area contributed by atoms with Crippen LogP contribution in [0, 0.1) is 11.8 Å². The van der Waals surface area contributed by atoms with Crippen LogP contribution in [-0.2, 0) is 12.7 Å². The number of rotatable bonds is 5. The van der Waals surface area contributed by atoms with Crippen LogP contribution in [-0.4, -0.2) is 47.4 Å². The first kappa shape index (κ1) is 26.3. The first-order valence-corrected chi connectivity index (χ1v) is 12.7. The van der Waals surface area contributed by atoms with Gasteiger partial charge in [-0.25, -0.2) is 4.68 Å². The summed E-state index contributed by atoms with van der Waals surface area (Å²) in [4.78, 5) is 17.4. The van der Waals surface area contributed by atoms with Crippen LogP contribution in [0.1, 0.15) is 5.56 Å². The van der Waals surface area contributed by atoms with Crippen molar-refractivity contribution >= 4 is 5.69 Å². The lowest BCUT2D eigenvalue weighted by molar-refractivity contribution is -0.137. The largest absolute Gasteiger partial charge is 0.416 e. The number of nitrogens with zero attached hydrogens (tertiary/aromatic N) is 4. The molecule has 0 spiro atoms. The third kappa shape index (κ3) is 6.39. The molecule has 3 aromatic carbocycles. The van der Waals surface area contributed by atoms with Crippen molar-refractivity contribution in [1.82, 2.24) is 14.7 Å². The van der Waals surface area contributed by atoms with Crippen LogP contribution < -0.4 is 10.5 Å². The maximum absolute atomic E-state index is 13.3. The summed E-state index contributed by atoms with van der Waals surface area (Å²) in [5, 5.41) is 4.58. The summed E-state index contributed by atoms with van der Waals surface area (Å²) in [6.07, 6.45) is -4.35. The third-order valence-electron chi connectivity index (χ3n) is 6.70. The number of benzene rings is 3. The van der Waals surface area contributed by atoms with Gasteiger partial charge >= 0.3 is 6.18 Å². The van der Waals surface area contributed by atoms with E-state index in [0.29, 0.717) is 49.7 Å². The molecular formula is C31H27F3N4O. The highest BCUT2D eigenvalue weighted by Crippen LogP contribution is 2.32. The van der Waals surface area contributed by atoms with Gasteiger partial charge in [0.15, 0.2) is 0 Å². The van der Waals surface area contributed by atoms with E-state index < -0.39 is 11.7 Å². The predicted molar refractivity (Wildman–Crippen MR) is 147 cm³/mol. The van der Waals surface area contributed by atoms with Crippen LogP contribution >= 0.6 is 0 Å². The van der Waals surface area contributed by atoms with E-state index in [1.807, 2.05) is 71.6 Å². The first-order valence-electron chi connectivity index (χ1n) is 12.7. The van der Waals surface area contributed by atoms with Gasteiger partial charge in [-0.15, -0.1) is 0 Å². The summed E-state index contributed by atoms with van der Waals surface area (Å²) < 4.78 is 40.6. The Morgan fingerprint density at radius 2 is 1.38 bits per heavy atom. The summed E-state index contributed by atoms with van der Waals surface area (Å²) in [7, 11) is 0. The summed E-state index contributed by atoms with van der Waals surface area (Å²) in [5.74, 6) is 6.23. The number of aromatic nitrogens is 2. The van der Waals surface area contributed by atoms with Gasteiger partial charge in [-0.1, -0.05) is 78.6 Å². The molecule has 2 heterocycles. The van der Waals surface area contributed by atoms with Crippen molar-refractivity contribution in [2.45, 2.75) is 12.7 Å². The number of alkyl halides is 3. The van der Waals surface area contributed by atoms with Gasteiger partial charge < -0.3 is 4.90 Å².